The van der Waals surface area contributed by atoms with Crippen LogP contribution < -0.4 is 5.32 Å². The molecule has 3 aromatic rings. The molecule has 0 fully saturated rings. The molecule has 3 rings (SSSR count). The molecule has 0 saturated heterocycles. The Morgan fingerprint density at radius 2 is 1.90 bits per heavy atom. The van der Waals surface area contributed by atoms with Crippen LogP contribution in [-0.4, -0.2) is 22.0 Å². The number of hydrogen-bond donors (Lipinski definition) is 1. The first-order valence-corrected chi connectivity index (χ1v) is 10.5. The Morgan fingerprint density at radius 1 is 1.10 bits per heavy atom. The van der Waals surface area contributed by atoms with Gasteiger partial charge in [0.05, 0.1) is 21.1 Å². The van der Waals surface area contributed by atoms with E-state index in [0.717, 1.165) is 48.1 Å². The van der Waals surface area contributed by atoms with Crippen LogP contribution in [0.15, 0.2) is 54.6 Å². The first-order valence-electron chi connectivity index (χ1n) is 9.77. The molecule has 1 aromatic heterocycles. The van der Waals surface area contributed by atoms with Crippen molar-refractivity contribution in [3.8, 4) is 0 Å². The summed E-state index contributed by atoms with van der Waals surface area (Å²) in [5.74, 6) is 0.983. The monoisotopic (exact) mass is 429 g/mol. The highest BCUT2D eigenvalue weighted by Crippen LogP contribution is 2.25. The largest absolute Gasteiger partial charge is 0.352 e. The van der Waals surface area contributed by atoms with Gasteiger partial charge in [-0.1, -0.05) is 54.4 Å². The van der Waals surface area contributed by atoms with Gasteiger partial charge in [-0.25, -0.2) is 4.98 Å². The van der Waals surface area contributed by atoms with Gasteiger partial charge in [0, 0.05) is 25.1 Å². The van der Waals surface area contributed by atoms with Crippen LogP contribution in [0.3, 0.4) is 0 Å². The number of para-hydroxylation sites is 2. The van der Waals surface area contributed by atoms with Crippen LogP contribution >= 0.6 is 23.2 Å². The van der Waals surface area contributed by atoms with Gasteiger partial charge in [-0.15, -0.1) is 0 Å². The van der Waals surface area contributed by atoms with Gasteiger partial charge < -0.3 is 9.88 Å². The fraction of sp³-hybridized carbons (Fsp3) is 0.304. The summed E-state index contributed by atoms with van der Waals surface area (Å²) in [6.07, 6.45) is 3.84. The lowest BCUT2D eigenvalue weighted by Crippen LogP contribution is -2.24. The van der Waals surface area contributed by atoms with Crippen molar-refractivity contribution in [3.63, 3.8) is 0 Å². The van der Waals surface area contributed by atoms with Gasteiger partial charge in [-0.3, -0.25) is 4.79 Å². The van der Waals surface area contributed by atoms with Gasteiger partial charge in [0.1, 0.15) is 5.82 Å². The zero-order valence-electron chi connectivity index (χ0n) is 16.5. The van der Waals surface area contributed by atoms with E-state index in [-0.39, 0.29) is 5.91 Å². The van der Waals surface area contributed by atoms with Crippen molar-refractivity contribution in [2.75, 3.05) is 6.54 Å². The molecule has 2 aromatic carbocycles. The minimum absolute atomic E-state index is 0.0755. The normalized spacial score (nSPS) is 11.0. The number of imidazole rings is 1. The Hall–Kier alpha value is -2.30. The van der Waals surface area contributed by atoms with Crippen molar-refractivity contribution < 1.29 is 4.79 Å². The van der Waals surface area contributed by atoms with Crippen molar-refractivity contribution in [3.05, 3.63) is 76.0 Å². The molecule has 0 radical (unpaired) electrons. The van der Waals surface area contributed by atoms with E-state index in [1.54, 1.807) is 6.92 Å². The molecule has 0 aliphatic carbocycles. The highest BCUT2D eigenvalue weighted by molar-refractivity contribution is 6.42. The second-order valence-corrected chi connectivity index (χ2v) is 8.01. The minimum atomic E-state index is -0.0755. The Labute approximate surface area is 181 Å². The van der Waals surface area contributed by atoms with E-state index in [4.69, 9.17) is 28.2 Å². The molecule has 0 spiro atoms. The van der Waals surface area contributed by atoms with Gasteiger partial charge >= 0.3 is 0 Å². The fourth-order valence-corrected chi connectivity index (χ4v) is 3.57. The number of aromatic nitrogens is 2. The second-order valence-electron chi connectivity index (χ2n) is 7.20. The van der Waals surface area contributed by atoms with E-state index in [9.17, 15) is 4.79 Å². The SMILES string of the molecule is C=C(C)C(=O)NCCCCCc1nc2ccccc2n1Cc1ccc(Cl)c(Cl)c1. The minimum Gasteiger partial charge on any atom is -0.352 e. The van der Waals surface area contributed by atoms with Crippen molar-refractivity contribution in [1.29, 1.82) is 0 Å². The molecule has 0 atom stereocenters. The molecule has 4 nitrogen and oxygen atoms in total. The van der Waals surface area contributed by atoms with Gasteiger partial charge in [0.15, 0.2) is 0 Å². The molecule has 0 aliphatic rings. The molecule has 152 valence electrons. The summed E-state index contributed by atoms with van der Waals surface area (Å²) in [4.78, 5) is 16.4. The topological polar surface area (TPSA) is 46.9 Å². The number of amides is 1. The molecule has 0 aliphatic heterocycles. The van der Waals surface area contributed by atoms with Gasteiger partial charge in [0.2, 0.25) is 5.91 Å². The third-order valence-electron chi connectivity index (χ3n) is 4.81. The third-order valence-corrected chi connectivity index (χ3v) is 5.55. The van der Waals surface area contributed by atoms with E-state index in [2.05, 4.69) is 22.5 Å². The smallest absolute Gasteiger partial charge is 0.246 e. The maximum atomic E-state index is 11.5. The quantitative estimate of drug-likeness (QED) is 0.345. The number of carbonyl (C=O) groups is 1. The number of hydrogen-bond acceptors (Lipinski definition) is 2. The predicted molar refractivity (Wildman–Crippen MR) is 121 cm³/mol. The van der Waals surface area contributed by atoms with Gasteiger partial charge in [0.25, 0.3) is 0 Å². The van der Waals surface area contributed by atoms with Crippen LogP contribution in [-0.2, 0) is 17.8 Å². The summed E-state index contributed by atoms with van der Waals surface area (Å²) in [6, 6.07) is 13.9. The van der Waals surface area contributed by atoms with Crippen LogP contribution in [0.5, 0.6) is 0 Å². The molecule has 0 bridgehead atoms. The first kappa shape index (κ1) is 21.4. The fourth-order valence-electron chi connectivity index (χ4n) is 3.25. The molecule has 1 N–H and O–H groups in total. The van der Waals surface area contributed by atoms with E-state index in [1.165, 1.54) is 0 Å². The van der Waals surface area contributed by atoms with Crippen molar-refractivity contribution in [1.82, 2.24) is 14.9 Å². The number of benzene rings is 2. The number of halogens is 2. The van der Waals surface area contributed by atoms with E-state index >= 15 is 0 Å². The number of fused-ring (bicyclic) bond motifs is 1. The maximum absolute atomic E-state index is 11.5. The van der Waals surface area contributed by atoms with Crippen LogP contribution in [0.2, 0.25) is 10.0 Å². The van der Waals surface area contributed by atoms with E-state index in [0.29, 0.717) is 28.7 Å². The standard InChI is InChI=1S/C23H25Cl2N3O/c1-16(2)23(29)26-13-7-3-4-10-22-27-20-8-5-6-9-21(20)28(22)15-17-11-12-18(24)19(25)14-17/h5-6,8-9,11-12,14H,1,3-4,7,10,13,15H2,2H3,(H,26,29). The van der Waals surface area contributed by atoms with E-state index in [1.807, 2.05) is 36.4 Å². The molecule has 0 saturated carbocycles. The molecule has 6 heteroatoms. The maximum Gasteiger partial charge on any atom is 0.246 e. The Kier molecular flexibility index (Phi) is 7.34. The zero-order chi connectivity index (χ0) is 20.8. The summed E-state index contributed by atoms with van der Waals surface area (Å²) < 4.78 is 2.25. The average molecular weight is 430 g/mol. The van der Waals surface area contributed by atoms with Crippen LogP contribution in [0.4, 0.5) is 0 Å². The lowest BCUT2D eigenvalue weighted by atomic mass is 10.1. The van der Waals surface area contributed by atoms with Crippen molar-refractivity contribution in [2.45, 2.75) is 39.2 Å². The summed E-state index contributed by atoms with van der Waals surface area (Å²) in [7, 11) is 0. The molecular formula is C23H25Cl2N3O. The Bertz CT molecular complexity index is 1030. The molecule has 29 heavy (non-hydrogen) atoms. The molecule has 1 heterocycles. The van der Waals surface area contributed by atoms with Crippen LogP contribution in [0.25, 0.3) is 11.0 Å². The molecule has 1 amide bonds. The summed E-state index contributed by atoms with van der Waals surface area (Å²) in [6.45, 7) is 6.73. The predicted octanol–water partition coefficient (Wildman–Crippen LogP) is 5.80. The molecular weight excluding hydrogens is 405 g/mol. The number of carbonyl (C=O) groups excluding carboxylic acids is 1. The second kappa shape index (κ2) is 9.95. The molecule has 0 unspecified atom stereocenters. The Balaban J connectivity index is 1.66. The van der Waals surface area contributed by atoms with E-state index < -0.39 is 0 Å². The number of nitrogens with one attached hydrogen (secondary N) is 1. The van der Waals surface area contributed by atoms with Gasteiger partial charge in [-0.2, -0.15) is 0 Å². The zero-order valence-corrected chi connectivity index (χ0v) is 18.1. The lowest BCUT2D eigenvalue weighted by molar-refractivity contribution is -0.117. The number of unbranched alkanes of at least 4 members (excludes halogenated alkanes) is 2. The number of nitrogens with zero attached hydrogens (tertiary/aromatic N) is 2. The third kappa shape index (κ3) is 5.62. The average Bonchev–Trinajstić information content (AvgIpc) is 3.04. The highest BCUT2D eigenvalue weighted by atomic mass is 35.5. The Morgan fingerprint density at radius 3 is 2.66 bits per heavy atom. The first-order chi connectivity index (χ1) is 14.0. The van der Waals surface area contributed by atoms with Crippen molar-refractivity contribution in [2.24, 2.45) is 0 Å². The summed E-state index contributed by atoms with van der Waals surface area (Å²) >= 11 is 12.2. The van der Waals surface area contributed by atoms with Crippen LogP contribution in [0.1, 0.15) is 37.6 Å². The lowest BCUT2D eigenvalue weighted by Gasteiger charge is -2.11. The van der Waals surface area contributed by atoms with Gasteiger partial charge in [-0.05, 0) is 49.6 Å². The summed E-state index contributed by atoms with van der Waals surface area (Å²) in [5, 5.41) is 4.00. The highest BCUT2D eigenvalue weighted by Gasteiger charge is 2.11. The van der Waals surface area contributed by atoms with Crippen molar-refractivity contribution >= 4 is 40.1 Å². The number of rotatable bonds is 9. The van der Waals surface area contributed by atoms with Crippen LogP contribution in [0, 0.1) is 0 Å². The summed E-state index contributed by atoms with van der Waals surface area (Å²) in [5.41, 5.74) is 3.74. The number of aryl methyl sites for hydroxylation is 1.